The lowest BCUT2D eigenvalue weighted by atomic mass is 10.1. The van der Waals surface area contributed by atoms with Crippen molar-refractivity contribution >= 4 is 11.9 Å². The smallest absolute Gasteiger partial charge is 0.307 e. The standard InChI is InChI=1S/C14H18N2O3/c17-13(15-8-11-4-2-1-3-5-11)10-16-7-6-12(9-16)14(18)19/h1-5,12H,6-10H2,(H,15,17)(H,18,19). The number of carbonyl (C=O) groups excluding carboxylic acids is 1. The van der Waals surface area contributed by atoms with Crippen LogP contribution in [0.1, 0.15) is 12.0 Å². The predicted molar refractivity (Wildman–Crippen MR) is 70.5 cm³/mol. The lowest BCUT2D eigenvalue weighted by Crippen LogP contribution is -2.36. The summed E-state index contributed by atoms with van der Waals surface area (Å²) < 4.78 is 0. The highest BCUT2D eigenvalue weighted by atomic mass is 16.4. The maximum Gasteiger partial charge on any atom is 0.307 e. The van der Waals surface area contributed by atoms with Gasteiger partial charge < -0.3 is 10.4 Å². The minimum absolute atomic E-state index is 0.0603. The Morgan fingerprint density at radius 3 is 2.68 bits per heavy atom. The fraction of sp³-hybridized carbons (Fsp3) is 0.429. The first-order valence-electron chi connectivity index (χ1n) is 6.41. The molecule has 1 aromatic carbocycles. The van der Waals surface area contributed by atoms with E-state index in [1.54, 1.807) is 0 Å². The van der Waals surface area contributed by atoms with Crippen LogP contribution in [0.3, 0.4) is 0 Å². The highest BCUT2D eigenvalue weighted by molar-refractivity contribution is 5.78. The Morgan fingerprint density at radius 1 is 1.32 bits per heavy atom. The van der Waals surface area contributed by atoms with Crippen LogP contribution in [-0.2, 0) is 16.1 Å². The van der Waals surface area contributed by atoms with Gasteiger partial charge in [-0.1, -0.05) is 30.3 Å². The van der Waals surface area contributed by atoms with Crippen molar-refractivity contribution in [2.45, 2.75) is 13.0 Å². The monoisotopic (exact) mass is 262 g/mol. The molecule has 0 spiro atoms. The number of likely N-dealkylation sites (tertiary alicyclic amines) is 1. The lowest BCUT2D eigenvalue weighted by molar-refractivity contribution is -0.141. The number of hydrogen-bond acceptors (Lipinski definition) is 3. The molecular weight excluding hydrogens is 244 g/mol. The fourth-order valence-electron chi connectivity index (χ4n) is 2.23. The van der Waals surface area contributed by atoms with Crippen molar-refractivity contribution in [3.63, 3.8) is 0 Å². The Labute approximate surface area is 112 Å². The first-order chi connectivity index (χ1) is 9.15. The van der Waals surface area contributed by atoms with E-state index in [2.05, 4.69) is 5.32 Å². The third kappa shape index (κ3) is 4.06. The zero-order chi connectivity index (χ0) is 13.7. The van der Waals surface area contributed by atoms with Crippen molar-refractivity contribution in [3.8, 4) is 0 Å². The van der Waals surface area contributed by atoms with E-state index in [4.69, 9.17) is 5.11 Å². The van der Waals surface area contributed by atoms with Crippen LogP contribution in [0.25, 0.3) is 0 Å². The summed E-state index contributed by atoms with van der Waals surface area (Å²) in [5.41, 5.74) is 1.06. The molecule has 1 atom stereocenters. The molecule has 0 aromatic heterocycles. The molecular formula is C14H18N2O3. The van der Waals surface area contributed by atoms with Crippen LogP contribution in [0.5, 0.6) is 0 Å². The van der Waals surface area contributed by atoms with Gasteiger partial charge in [0.2, 0.25) is 5.91 Å². The first-order valence-corrected chi connectivity index (χ1v) is 6.41. The molecule has 0 aliphatic carbocycles. The van der Waals surface area contributed by atoms with Gasteiger partial charge >= 0.3 is 5.97 Å². The maximum absolute atomic E-state index is 11.7. The summed E-state index contributed by atoms with van der Waals surface area (Å²) >= 11 is 0. The summed E-state index contributed by atoms with van der Waals surface area (Å²) in [4.78, 5) is 24.5. The van der Waals surface area contributed by atoms with E-state index in [0.29, 0.717) is 26.1 Å². The van der Waals surface area contributed by atoms with E-state index in [1.165, 1.54) is 0 Å². The molecule has 0 saturated carbocycles. The topological polar surface area (TPSA) is 69.6 Å². The van der Waals surface area contributed by atoms with Crippen molar-refractivity contribution in [1.29, 1.82) is 0 Å². The second-order valence-electron chi connectivity index (χ2n) is 4.82. The third-order valence-electron chi connectivity index (χ3n) is 3.32. The van der Waals surface area contributed by atoms with Crippen LogP contribution in [0.4, 0.5) is 0 Å². The molecule has 2 N–H and O–H groups in total. The van der Waals surface area contributed by atoms with Crippen molar-refractivity contribution in [2.75, 3.05) is 19.6 Å². The number of carboxylic acid groups (broad SMARTS) is 1. The van der Waals surface area contributed by atoms with E-state index >= 15 is 0 Å². The number of benzene rings is 1. The molecule has 1 aromatic rings. The van der Waals surface area contributed by atoms with E-state index in [0.717, 1.165) is 5.56 Å². The van der Waals surface area contributed by atoms with Crippen LogP contribution in [0.15, 0.2) is 30.3 Å². The number of carbonyl (C=O) groups is 2. The second kappa shape index (κ2) is 6.33. The Balaban J connectivity index is 1.72. The van der Waals surface area contributed by atoms with Crippen molar-refractivity contribution < 1.29 is 14.7 Å². The Hall–Kier alpha value is -1.88. The van der Waals surface area contributed by atoms with Gasteiger partial charge in [0.25, 0.3) is 0 Å². The largest absolute Gasteiger partial charge is 0.481 e. The molecule has 0 radical (unpaired) electrons. The number of carboxylic acids is 1. The minimum Gasteiger partial charge on any atom is -0.481 e. The summed E-state index contributed by atoms with van der Waals surface area (Å²) in [5, 5.41) is 11.7. The average molecular weight is 262 g/mol. The Morgan fingerprint density at radius 2 is 2.05 bits per heavy atom. The van der Waals surface area contributed by atoms with Crippen LogP contribution < -0.4 is 5.32 Å². The van der Waals surface area contributed by atoms with Gasteiger partial charge in [-0.05, 0) is 18.5 Å². The predicted octanol–water partition coefficient (Wildman–Crippen LogP) is 0.709. The molecule has 102 valence electrons. The van der Waals surface area contributed by atoms with E-state index < -0.39 is 5.97 Å². The SMILES string of the molecule is O=C(CN1CCC(C(=O)O)C1)NCc1ccccc1. The Kier molecular flexibility index (Phi) is 4.52. The molecule has 1 aliphatic rings. The fourth-order valence-corrected chi connectivity index (χ4v) is 2.23. The molecule has 1 heterocycles. The van der Waals surface area contributed by atoms with Crippen LogP contribution in [-0.4, -0.2) is 41.5 Å². The van der Waals surface area contributed by atoms with Crippen molar-refractivity contribution in [1.82, 2.24) is 10.2 Å². The quantitative estimate of drug-likeness (QED) is 0.820. The van der Waals surface area contributed by atoms with E-state index in [9.17, 15) is 9.59 Å². The summed E-state index contributed by atoms with van der Waals surface area (Å²) in [6.07, 6.45) is 0.626. The van der Waals surface area contributed by atoms with E-state index in [1.807, 2.05) is 35.2 Å². The van der Waals surface area contributed by atoms with Gasteiger partial charge in [0.1, 0.15) is 0 Å². The molecule has 0 bridgehead atoms. The Bertz CT molecular complexity index is 447. The minimum atomic E-state index is -0.771. The summed E-state index contributed by atoms with van der Waals surface area (Å²) in [7, 11) is 0. The zero-order valence-electron chi connectivity index (χ0n) is 10.7. The van der Waals surface area contributed by atoms with Gasteiger partial charge in [0.05, 0.1) is 12.5 Å². The summed E-state index contributed by atoms with van der Waals surface area (Å²) in [6.45, 7) is 1.93. The zero-order valence-corrected chi connectivity index (χ0v) is 10.7. The van der Waals surface area contributed by atoms with Crippen LogP contribution in [0, 0.1) is 5.92 Å². The maximum atomic E-state index is 11.7. The number of rotatable bonds is 5. The van der Waals surface area contributed by atoms with Gasteiger partial charge in [-0.15, -0.1) is 0 Å². The van der Waals surface area contributed by atoms with Gasteiger partial charge in [-0.3, -0.25) is 14.5 Å². The average Bonchev–Trinajstić information content (AvgIpc) is 2.86. The third-order valence-corrected chi connectivity index (χ3v) is 3.32. The van der Waals surface area contributed by atoms with Gasteiger partial charge in [0, 0.05) is 13.1 Å². The van der Waals surface area contributed by atoms with Crippen LogP contribution in [0.2, 0.25) is 0 Å². The van der Waals surface area contributed by atoms with Crippen molar-refractivity contribution in [2.24, 2.45) is 5.92 Å². The highest BCUT2D eigenvalue weighted by Crippen LogP contribution is 2.15. The second-order valence-corrected chi connectivity index (χ2v) is 4.82. The first kappa shape index (κ1) is 13.5. The number of hydrogen-bond donors (Lipinski definition) is 2. The molecule has 1 aliphatic heterocycles. The lowest BCUT2D eigenvalue weighted by Gasteiger charge is -2.14. The normalized spacial score (nSPS) is 19.3. The molecule has 1 unspecified atom stereocenters. The molecule has 2 rings (SSSR count). The molecule has 1 saturated heterocycles. The van der Waals surface area contributed by atoms with E-state index in [-0.39, 0.29) is 18.4 Å². The summed E-state index contributed by atoms with van der Waals surface area (Å²) in [5.74, 6) is -1.16. The number of amides is 1. The van der Waals surface area contributed by atoms with Gasteiger partial charge in [-0.2, -0.15) is 0 Å². The van der Waals surface area contributed by atoms with Crippen LogP contribution >= 0.6 is 0 Å². The molecule has 5 nitrogen and oxygen atoms in total. The van der Waals surface area contributed by atoms with Gasteiger partial charge in [-0.25, -0.2) is 0 Å². The number of aliphatic carboxylic acids is 1. The summed E-state index contributed by atoms with van der Waals surface area (Å²) in [6, 6.07) is 9.70. The number of nitrogens with one attached hydrogen (secondary N) is 1. The molecule has 1 amide bonds. The molecule has 19 heavy (non-hydrogen) atoms. The molecule has 1 fully saturated rings. The van der Waals surface area contributed by atoms with Gasteiger partial charge in [0.15, 0.2) is 0 Å². The van der Waals surface area contributed by atoms with Crippen molar-refractivity contribution in [3.05, 3.63) is 35.9 Å². The molecule has 5 heteroatoms. The highest BCUT2D eigenvalue weighted by Gasteiger charge is 2.28. The number of nitrogens with zero attached hydrogens (tertiary/aromatic N) is 1.